The second-order valence-corrected chi connectivity index (χ2v) is 8.24. The van der Waals surface area contributed by atoms with Gasteiger partial charge in [0.05, 0.1) is 48.9 Å². The minimum Gasteiger partial charge on any atom is -0.492 e. The van der Waals surface area contributed by atoms with E-state index in [1.807, 2.05) is 19.9 Å². The van der Waals surface area contributed by atoms with Crippen molar-refractivity contribution in [2.45, 2.75) is 26.7 Å². The number of rotatable bonds is 10. The lowest BCUT2D eigenvalue weighted by Gasteiger charge is -2.31. The van der Waals surface area contributed by atoms with Gasteiger partial charge in [0.1, 0.15) is 11.5 Å². The van der Waals surface area contributed by atoms with Crippen LogP contribution in [0.3, 0.4) is 0 Å². The van der Waals surface area contributed by atoms with Crippen molar-refractivity contribution in [1.29, 1.82) is 0 Å². The maximum atomic E-state index is 12.8. The number of amides is 3. The molecule has 0 spiro atoms. The highest BCUT2D eigenvalue weighted by Gasteiger charge is 2.34. The molecule has 9 nitrogen and oxygen atoms in total. The highest BCUT2D eigenvalue weighted by Crippen LogP contribution is 2.39. The number of anilines is 2. The molecule has 2 heterocycles. The molecule has 186 valence electrons. The molecule has 0 bridgehead atoms. The Hall–Kier alpha value is -3.59. The second-order valence-electron chi connectivity index (χ2n) is 8.24. The van der Waals surface area contributed by atoms with Gasteiger partial charge in [0.15, 0.2) is 0 Å². The van der Waals surface area contributed by atoms with Crippen LogP contribution in [0.1, 0.15) is 47.4 Å². The SMILES string of the molecule is CCOc1cc(N2CCOCC2)c(OCC)cc1NC(=O)CCCN1C(=O)c2ccccc2C1=O. The van der Waals surface area contributed by atoms with Gasteiger partial charge in [-0.05, 0) is 32.4 Å². The minimum atomic E-state index is -0.315. The predicted octanol–water partition coefficient (Wildman–Crippen LogP) is 3.34. The first-order valence-corrected chi connectivity index (χ1v) is 12.0. The lowest BCUT2D eigenvalue weighted by atomic mass is 10.1. The molecule has 2 aliphatic heterocycles. The Labute approximate surface area is 204 Å². The van der Waals surface area contributed by atoms with Crippen LogP contribution in [0.5, 0.6) is 11.5 Å². The standard InChI is InChI=1S/C26H31N3O6/c1-3-34-22-17-21(28-12-14-33-15-13-28)23(35-4-2)16-20(22)27-24(30)10-7-11-29-25(31)18-8-5-6-9-19(18)26(29)32/h5-6,8-9,16-17H,3-4,7,10-15H2,1-2H3,(H,27,30). The molecule has 2 aliphatic rings. The lowest BCUT2D eigenvalue weighted by Crippen LogP contribution is -2.36. The van der Waals surface area contributed by atoms with Gasteiger partial charge < -0.3 is 24.4 Å². The zero-order valence-electron chi connectivity index (χ0n) is 20.2. The largest absolute Gasteiger partial charge is 0.492 e. The number of hydrogen-bond acceptors (Lipinski definition) is 7. The monoisotopic (exact) mass is 481 g/mol. The second kappa shape index (κ2) is 11.2. The van der Waals surface area contributed by atoms with Crippen LogP contribution >= 0.6 is 0 Å². The van der Waals surface area contributed by atoms with Gasteiger partial charge in [-0.1, -0.05) is 12.1 Å². The molecule has 1 fully saturated rings. The smallest absolute Gasteiger partial charge is 0.261 e. The van der Waals surface area contributed by atoms with E-state index in [0.29, 0.717) is 61.2 Å². The van der Waals surface area contributed by atoms with Crippen molar-refractivity contribution >= 4 is 29.1 Å². The third-order valence-corrected chi connectivity index (χ3v) is 5.95. The zero-order valence-corrected chi connectivity index (χ0v) is 20.2. The number of fused-ring (bicyclic) bond motifs is 1. The Kier molecular flexibility index (Phi) is 7.87. The molecular weight excluding hydrogens is 450 g/mol. The van der Waals surface area contributed by atoms with E-state index in [-0.39, 0.29) is 30.7 Å². The number of carbonyl (C=O) groups is 3. The topological polar surface area (TPSA) is 97.4 Å². The van der Waals surface area contributed by atoms with E-state index in [2.05, 4.69) is 10.2 Å². The molecular formula is C26H31N3O6. The number of nitrogens with zero attached hydrogens (tertiary/aromatic N) is 2. The van der Waals surface area contributed by atoms with Crippen LogP contribution in [0.4, 0.5) is 11.4 Å². The summed E-state index contributed by atoms with van der Waals surface area (Å²) in [4.78, 5) is 41.2. The predicted molar refractivity (Wildman–Crippen MR) is 131 cm³/mol. The fourth-order valence-electron chi connectivity index (χ4n) is 4.30. The average Bonchev–Trinajstić information content (AvgIpc) is 3.11. The quantitative estimate of drug-likeness (QED) is 0.520. The number of hydrogen-bond donors (Lipinski definition) is 1. The Bertz CT molecular complexity index is 1060. The summed E-state index contributed by atoms with van der Waals surface area (Å²) in [6, 6.07) is 10.5. The molecule has 1 N–H and O–H groups in total. The molecule has 0 aromatic heterocycles. The summed E-state index contributed by atoms with van der Waals surface area (Å²) < 4.78 is 17.2. The molecule has 2 aromatic carbocycles. The maximum Gasteiger partial charge on any atom is 0.261 e. The van der Waals surface area contributed by atoms with Gasteiger partial charge in [-0.25, -0.2) is 0 Å². The van der Waals surface area contributed by atoms with Crippen molar-refractivity contribution in [3.63, 3.8) is 0 Å². The molecule has 0 saturated carbocycles. The molecule has 35 heavy (non-hydrogen) atoms. The van der Waals surface area contributed by atoms with E-state index in [4.69, 9.17) is 14.2 Å². The maximum absolute atomic E-state index is 12.8. The van der Waals surface area contributed by atoms with E-state index in [1.54, 1.807) is 30.3 Å². The number of ether oxygens (including phenoxy) is 3. The first-order chi connectivity index (χ1) is 17.0. The van der Waals surface area contributed by atoms with E-state index < -0.39 is 0 Å². The van der Waals surface area contributed by atoms with Gasteiger partial charge in [-0.15, -0.1) is 0 Å². The lowest BCUT2D eigenvalue weighted by molar-refractivity contribution is -0.116. The van der Waals surface area contributed by atoms with Crippen molar-refractivity contribution in [3.8, 4) is 11.5 Å². The third kappa shape index (κ3) is 5.40. The summed E-state index contributed by atoms with van der Waals surface area (Å²) in [5, 5.41) is 2.91. The van der Waals surface area contributed by atoms with Gasteiger partial charge in [-0.3, -0.25) is 19.3 Å². The van der Waals surface area contributed by atoms with E-state index in [9.17, 15) is 14.4 Å². The summed E-state index contributed by atoms with van der Waals surface area (Å²) in [7, 11) is 0. The number of benzene rings is 2. The molecule has 4 rings (SSSR count). The molecule has 0 aliphatic carbocycles. The third-order valence-electron chi connectivity index (χ3n) is 5.95. The fraction of sp³-hybridized carbons (Fsp3) is 0.423. The number of carbonyl (C=O) groups excluding carboxylic acids is 3. The average molecular weight is 482 g/mol. The summed E-state index contributed by atoms with van der Waals surface area (Å²) in [5.41, 5.74) is 2.25. The van der Waals surface area contributed by atoms with Gasteiger partial charge in [-0.2, -0.15) is 0 Å². The van der Waals surface area contributed by atoms with Crippen LogP contribution in [0.2, 0.25) is 0 Å². The van der Waals surface area contributed by atoms with Crippen molar-refractivity contribution in [3.05, 3.63) is 47.5 Å². The van der Waals surface area contributed by atoms with Gasteiger partial charge >= 0.3 is 0 Å². The molecule has 1 saturated heterocycles. The van der Waals surface area contributed by atoms with Crippen molar-refractivity contribution in [2.75, 3.05) is 56.3 Å². The zero-order chi connectivity index (χ0) is 24.8. The van der Waals surface area contributed by atoms with Gasteiger partial charge in [0.25, 0.3) is 11.8 Å². The van der Waals surface area contributed by atoms with Crippen molar-refractivity contribution in [2.24, 2.45) is 0 Å². The molecule has 3 amide bonds. The van der Waals surface area contributed by atoms with Crippen LogP contribution in [0.15, 0.2) is 36.4 Å². The normalized spacial score (nSPS) is 15.3. The van der Waals surface area contributed by atoms with Crippen molar-refractivity contribution in [1.82, 2.24) is 4.90 Å². The highest BCUT2D eigenvalue weighted by molar-refractivity contribution is 6.21. The summed E-state index contributed by atoms with van der Waals surface area (Å²) in [6.45, 7) is 7.68. The number of imide groups is 1. The van der Waals surface area contributed by atoms with Crippen LogP contribution in [0, 0.1) is 0 Å². The highest BCUT2D eigenvalue weighted by atomic mass is 16.5. The number of nitrogens with one attached hydrogen (secondary N) is 1. The van der Waals surface area contributed by atoms with Gasteiger partial charge in [0, 0.05) is 38.2 Å². The summed E-state index contributed by atoms with van der Waals surface area (Å²) in [6.07, 6.45) is 0.500. The van der Waals surface area contributed by atoms with Crippen molar-refractivity contribution < 1.29 is 28.6 Å². The Morgan fingerprint density at radius 2 is 1.60 bits per heavy atom. The summed E-state index contributed by atoms with van der Waals surface area (Å²) in [5.74, 6) is 0.365. The Balaban J connectivity index is 1.42. The first kappa shape index (κ1) is 24.5. The fourth-order valence-corrected chi connectivity index (χ4v) is 4.30. The Morgan fingerprint density at radius 1 is 0.971 bits per heavy atom. The molecule has 0 radical (unpaired) electrons. The summed E-state index contributed by atoms with van der Waals surface area (Å²) >= 11 is 0. The molecule has 9 heteroatoms. The van der Waals surface area contributed by atoms with Crippen LogP contribution < -0.4 is 19.7 Å². The van der Waals surface area contributed by atoms with Gasteiger partial charge in [0.2, 0.25) is 5.91 Å². The molecule has 0 unspecified atom stereocenters. The Morgan fingerprint density at radius 3 is 2.23 bits per heavy atom. The van der Waals surface area contributed by atoms with E-state index in [0.717, 1.165) is 18.8 Å². The van der Waals surface area contributed by atoms with Crippen LogP contribution in [-0.4, -0.2) is 68.7 Å². The van der Waals surface area contributed by atoms with E-state index in [1.165, 1.54) is 4.90 Å². The number of morpholine rings is 1. The van der Waals surface area contributed by atoms with Crippen LogP contribution in [-0.2, 0) is 9.53 Å². The molecule has 2 aromatic rings. The minimum absolute atomic E-state index is 0.147. The molecule has 0 atom stereocenters. The van der Waals surface area contributed by atoms with Crippen LogP contribution in [0.25, 0.3) is 0 Å². The first-order valence-electron chi connectivity index (χ1n) is 12.0. The van der Waals surface area contributed by atoms with E-state index >= 15 is 0 Å².